The summed E-state index contributed by atoms with van der Waals surface area (Å²) in [7, 11) is 0. The highest BCUT2D eigenvalue weighted by Crippen LogP contribution is 2.40. The number of nitrogens with one attached hydrogen (secondary N) is 1. The Morgan fingerprint density at radius 3 is 2.62 bits per heavy atom. The molecule has 0 amide bonds. The van der Waals surface area contributed by atoms with E-state index in [2.05, 4.69) is 38.2 Å². The van der Waals surface area contributed by atoms with Crippen molar-refractivity contribution < 1.29 is 0 Å². The van der Waals surface area contributed by atoms with E-state index in [0.29, 0.717) is 5.41 Å². The van der Waals surface area contributed by atoms with Gasteiger partial charge in [0.25, 0.3) is 0 Å². The standard InChI is InChI=1S/C15H27N/c1-12-9-15(2,3)10-14(12)16-11-13-7-5-4-6-8-13/h4-5,12-14,16H,6-11H2,1-3H3. The molecule has 3 unspecified atom stereocenters. The number of rotatable bonds is 3. The summed E-state index contributed by atoms with van der Waals surface area (Å²) in [5.41, 5.74) is 0.559. The first-order valence-electron chi connectivity index (χ1n) is 6.95. The Morgan fingerprint density at radius 1 is 1.25 bits per heavy atom. The lowest BCUT2D eigenvalue weighted by molar-refractivity contribution is 0.349. The molecule has 0 spiro atoms. The zero-order valence-electron chi connectivity index (χ0n) is 11.1. The van der Waals surface area contributed by atoms with Gasteiger partial charge in [-0.2, -0.15) is 0 Å². The largest absolute Gasteiger partial charge is 0.313 e. The molecule has 0 bridgehead atoms. The maximum atomic E-state index is 3.82. The maximum absolute atomic E-state index is 3.82. The van der Waals surface area contributed by atoms with Gasteiger partial charge in [0.1, 0.15) is 0 Å². The summed E-state index contributed by atoms with van der Waals surface area (Å²) in [5.74, 6) is 1.75. The predicted octanol–water partition coefficient (Wildman–Crippen LogP) is 3.76. The van der Waals surface area contributed by atoms with Gasteiger partial charge in [-0.05, 0) is 55.9 Å². The molecule has 0 aromatic heterocycles. The predicted molar refractivity (Wildman–Crippen MR) is 70.5 cm³/mol. The minimum Gasteiger partial charge on any atom is -0.313 e. The van der Waals surface area contributed by atoms with Crippen molar-refractivity contribution >= 4 is 0 Å². The second-order valence-electron chi connectivity index (χ2n) is 6.71. The van der Waals surface area contributed by atoms with Crippen LogP contribution in [0.2, 0.25) is 0 Å². The van der Waals surface area contributed by atoms with Crippen molar-refractivity contribution in [3.8, 4) is 0 Å². The van der Waals surface area contributed by atoms with Gasteiger partial charge < -0.3 is 5.32 Å². The average Bonchev–Trinajstić information content (AvgIpc) is 2.50. The van der Waals surface area contributed by atoms with Crippen molar-refractivity contribution in [2.24, 2.45) is 17.3 Å². The van der Waals surface area contributed by atoms with Crippen molar-refractivity contribution in [2.45, 2.75) is 58.9 Å². The summed E-state index contributed by atoms with van der Waals surface area (Å²) in [6.45, 7) is 8.46. The Morgan fingerprint density at radius 2 is 2.06 bits per heavy atom. The molecule has 0 heterocycles. The molecule has 0 saturated heterocycles. The van der Waals surface area contributed by atoms with E-state index in [9.17, 15) is 0 Å². The molecular weight excluding hydrogens is 194 g/mol. The van der Waals surface area contributed by atoms with Gasteiger partial charge in [0.15, 0.2) is 0 Å². The van der Waals surface area contributed by atoms with Crippen molar-refractivity contribution in [2.75, 3.05) is 6.54 Å². The highest BCUT2D eigenvalue weighted by Gasteiger charge is 2.36. The number of hydrogen-bond acceptors (Lipinski definition) is 1. The molecule has 1 N–H and O–H groups in total. The maximum Gasteiger partial charge on any atom is 0.00980 e. The number of allylic oxidation sites excluding steroid dienone is 2. The monoisotopic (exact) mass is 221 g/mol. The molecule has 3 atom stereocenters. The lowest BCUT2D eigenvalue weighted by atomic mass is 9.91. The van der Waals surface area contributed by atoms with Crippen LogP contribution in [-0.2, 0) is 0 Å². The van der Waals surface area contributed by atoms with Crippen LogP contribution in [0, 0.1) is 17.3 Å². The molecule has 16 heavy (non-hydrogen) atoms. The third-order valence-corrected chi connectivity index (χ3v) is 4.38. The van der Waals surface area contributed by atoms with E-state index >= 15 is 0 Å². The molecule has 2 aliphatic carbocycles. The van der Waals surface area contributed by atoms with Crippen LogP contribution in [0.1, 0.15) is 52.9 Å². The molecule has 1 fully saturated rings. The van der Waals surface area contributed by atoms with E-state index in [0.717, 1.165) is 17.9 Å². The van der Waals surface area contributed by atoms with Crippen molar-refractivity contribution in [1.29, 1.82) is 0 Å². The molecule has 0 radical (unpaired) electrons. The van der Waals surface area contributed by atoms with Gasteiger partial charge in [-0.1, -0.05) is 32.9 Å². The van der Waals surface area contributed by atoms with Crippen LogP contribution in [-0.4, -0.2) is 12.6 Å². The SMILES string of the molecule is CC1CC(C)(C)CC1NCC1CC=CCC1. The minimum absolute atomic E-state index is 0.559. The summed E-state index contributed by atoms with van der Waals surface area (Å²) in [6, 6.07) is 0.765. The van der Waals surface area contributed by atoms with Crippen LogP contribution >= 0.6 is 0 Å². The normalized spacial score (nSPS) is 37.8. The molecular formula is C15H27N. The fourth-order valence-electron chi connectivity index (χ4n) is 3.53. The Bertz CT molecular complexity index is 254. The lowest BCUT2D eigenvalue weighted by Crippen LogP contribution is -2.35. The van der Waals surface area contributed by atoms with E-state index in [-0.39, 0.29) is 0 Å². The Kier molecular flexibility index (Phi) is 3.73. The van der Waals surface area contributed by atoms with Crippen molar-refractivity contribution in [3.05, 3.63) is 12.2 Å². The summed E-state index contributed by atoms with van der Waals surface area (Å²) >= 11 is 0. The molecule has 0 aromatic carbocycles. The second-order valence-corrected chi connectivity index (χ2v) is 6.71. The van der Waals surface area contributed by atoms with Crippen LogP contribution in [0.15, 0.2) is 12.2 Å². The van der Waals surface area contributed by atoms with E-state index in [1.165, 1.54) is 38.6 Å². The third-order valence-electron chi connectivity index (χ3n) is 4.38. The topological polar surface area (TPSA) is 12.0 Å². The van der Waals surface area contributed by atoms with E-state index < -0.39 is 0 Å². The van der Waals surface area contributed by atoms with Gasteiger partial charge in [0.05, 0.1) is 0 Å². The molecule has 1 saturated carbocycles. The van der Waals surface area contributed by atoms with E-state index in [4.69, 9.17) is 0 Å². The first-order chi connectivity index (χ1) is 7.57. The summed E-state index contributed by atoms with van der Waals surface area (Å²) < 4.78 is 0. The summed E-state index contributed by atoms with van der Waals surface area (Å²) in [6.07, 6.45) is 11.4. The number of hydrogen-bond donors (Lipinski definition) is 1. The zero-order valence-corrected chi connectivity index (χ0v) is 11.1. The van der Waals surface area contributed by atoms with Crippen LogP contribution in [0.3, 0.4) is 0 Å². The highest BCUT2D eigenvalue weighted by atomic mass is 14.9. The summed E-state index contributed by atoms with van der Waals surface area (Å²) in [5, 5.41) is 3.82. The molecule has 2 aliphatic rings. The Balaban J connectivity index is 1.75. The van der Waals surface area contributed by atoms with Gasteiger partial charge in [0.2, 0.25) is 0 Å². The fourth-order valence-corrected chi connectivity index (χ4v) is 3.53. The quantitative estimate of drug-likeness (QED) is 0.716. The van der Waals surface area contributed by atoms with E-state index in [1.807, 2.05) is 0 Å². The van der Waals surface area contributed by atoms with Crippen molar-refractivity contribution in [3.63, 3.8) is 0 Å². The first-order valence-corrected chi connectivity index (χ1v) is 6.95. The van der Waals surface area contributed by atoms with Gasteiger partial charge >= 0.3 is 0 Å². The fraction of sp³-hybridized carbons (Fsp3) is 0.867. The summed E-state index contributed by atoms with van der Waals surface area (Å²) in [4.78, 5) is 0. The van der Waals surface area contributed by atoms with Crippen LogP contribution in [0.4, 0.5) is 0 Å². The van der Waals surface area contributed by atoms with Gasteiger partial charge in [0, 0.05) is 6.04 Å². The van der Waals surface area contributed by atoms with Crippen LogP contribution in [0.5, 0.6) is 0 Å². The first kappa shape index (κ1) is 12.2. The van der Waals surface area contributed by atoms with Gasteiger partial charge in [-0.25, -0.2) is 0 Å². The molecule has 92 valence electrons. The molecule has 0 aliphatic heterocycles. The van der Waals surface area contributed by atoms with Crippen LogP contribution < -0.4 is 5.32 Å². The molecule has 1 nitrogen and oxygen atoms in total. The third kappa shape index (κ3) is 3.10. The average molecular weight is 221 g/mol. The molecule has 1 heteroatoms. The van der Waals surface area contributed by atoms with Crippen molar-refractivity contribution in [1.82, 2.24) is 5.32 Å². The van der Waals surface area contributed by atoms with Gasteiger partial charge in [-0.15, -0.1) is 0 Å². The zero-order chi connectivity index (χ0) is 11.6. The smallest absolute Gasteiger partial charge is 0.00980 e. The second kappa shape index (κ2) is 4.91. The van der Waals surface area contributed by atoms with E-state index in [1.54, 1.807) is 0 Å². The van der Waals surface area contributed by atoms with Gasteiger partial charge in [-0.3, -0.25) is 0 Å². The lowest BCUT2D eigenvalue weighted by Gasteiger charge is -2.23. The van der Waals surface area contributed by atoms with Crippen LogP contribution in [0.25, 0.3) is 0 Å². The highest BCUT2D eigenvalue weighted by molar-refractivity contribution is 4.94. The minimum atomic E-state index is 0.559. The Labute approximate surface area is 101 Å². The molecule has 0 aromatic rings. The molecule has 2 rings (SSSR count). The Hall–Kier alpha value is -0.300.